The molecule has 0 aromatic rings. The van der Waals surface area contributed by atoms with E-state index in [2.05, 4.69) is 6.92 Å². The Morgan fingerprint density at radius 2 is 2.45 bits per heavy atom. The molecule has 1 aliphatic carbocycles. The predicted octanol–water partition coefficient (Wildman–Crippen LogP) is 1.63. The first-order valence-corrected chi connectivity index (χ1v) is 4.05. The van der Waals surface area contributed by atoms with Crippen molar-refractivity contribution in [1.29, 1.82) is 0 Å². The van der Waals surface area contributed by atoms with Gasteiger partial charge in [-0.15, -0.1) is 0 Å². The summed E-state index contributed by atoms with van der Waals surface area (Å²) >= 11 is 0. The molecular formula is C9H12O2. The average molecular weight is 152 g/mol. The molecular weight excluding hydrogens is 140 g/mol. The lowest BCUT2D eigenvalue weighted by molar-refractivity contribution is -0.00762. The van der Waals surface area contributed by atoms with Gasteiger partial charge in [0.2, 0.25) is 5.79 Å². The Balaban J connectivity index is 1.94. The summed E-state index contributed by atoms with van der Waals surface area (Å²) < 4.78 is 10.9. The van der Waals surface area contributed by atoms with Crippen molar-refractivity contribution in [2.75, 3.05) is 6.61 Å². The first-order valence-electron chi connectivity index (χ1n) is 4.05. The largest absolute Gasteiger partial charge is 0.344 e. The van der Waals surface area contributed by atoms with Gasteiger partial charge in [0, 0.05) is 0 Å². The van der Waals surface area contributed by atoms with E-state index in [1.165, 1.54) is 0 Å². The van der Waals surface area contributed by atoms with Crippen LogP contribution in [0.1, 0.15) is 13.3 Å². The van der Waals surface area contributed by atoms with Crippen LogP contribution in [-0.4, -0.2) is 18.5 Å². The van der Waals surface area contributed by atoms with Crippen molar-refractivity contribution in [2.45, 2.75) is 25.2 Å². The molecule has 1 saturated heterocycles. The molecule has 0 bridgehead atoms. The second kappa shape index (κ2) is 2.47. The van der Waals surface area contributed by atoms with Crippen LogP contribution in [0.25, 0.3) is 0 Å². The summed E-state index contributed by atoms with van der Waals surface area (Å²) in [7, 11) is 0. The van der Waals surface area contributed by atoms with Crippen LogP contribution in [-0.2, 0) is 9.47 Å². The minimum absolute atomic E-state index is 0.180. The Bertz CT molecular complexity index is 208. The Morgan fingerprint density at radius 1 is 1.55 bits per heavy atom. The van der Waals surface area contributed by atoms with Crippen molar-refractivity contribution in [2.24, 2.45) is 0 Å². The summed E-state index contributed by atoms with van der Waals surface area (Å²) in [6, 6.07) is 0. The van der Waals surface area contributed by atoms with Gasteiger partial charge in [0.15, 0.2) is 0 Å². The zero-order valence-electron chi connectivity index (χ0n) is 6.62. The van der Waals surface area contributed by atoms with Crippen molar-refractivity contribution < 1.29 is 9.47 Å². The molecule has 1 fully saturated rings. The fraction of sp³-hybridized carbons (Fsp3) is 0.556. The van der Waals surface area contributed by atoms with Crippen LogP contribution < -0.4 is 0 Å². The Kier molecular flexibility index (Phi) is 1.59. The second-order valence-corrected chi connectivity index (χ2v) is 2.85. The van der Waals surface area contributed by atoms with Gasteiger partial charge >= 0.3 is 0 Å². The van der Waals surface area contributed by atoms with Gasteiger partial charge in [-0.1, -0.05) is 19.1 Å². The molecule has 0 aromatic carbocycles. The Hall–Kier alpha value is -0.600. The van der Waals surface area contributed by atoms with Gasteiger partial charge in [0.25, 0.3) is 0 Å². The first-order chi connectivity index (χ1) is 5.37. The molecule has 1 heterocycles. The molecule has 2 unspecified atom stereocenters. The summed E-state index contributed by atoms with van der Waals surface area (Å²) in [6.07, 6.45) is 9.18. The summed E-state index contributed by atoms with van der Waals surface area (Å²) in [5.74, 6) is -0.370. The minimum Gasteiger partial charge on any atom is -0.344 e. The number of fused-ring (bicyclic) bond motifs is 1. The van der Waals surface area contributed by atoms with Gasteiger partial charge < -0.3 is 9.47 Å². The maximum Gasteiger partial charge on any atom is 0.219 e. The fourth-order valence-electron chi connectivity index (χ4n) is 1.25. The molecule has 2 nitrogen and oxygen atoms in total. The maximum absolute atomic E-state index is 5.53. The minimum atomic E-state index is -0.370. The molecule has 0 N–H and O–H groups in total. The molecule has 60 valence electrons. The molecule has 11 heavy (non-hydrogen) atoms. The number of ether oxygens (including phenoxy) is 2. The third-order valence-electron chi connectivity index (χ3n) is 1.91. The highest BCUT2D eigenvalue weighted by Gasteiger charge is 2.55. The highest BCUT2D eigenvalue weighted by molar-refractivity contribution is 5.27. The normalized spacial score (nSPS) is 38.8. The van der Waals surface area contributed by atoms with E-state index in [0.717, 1.165) is 13.0 Å². The van der Waals surface area contributed by atoms with Gasteiger partial charge in [0.1, 0.15) is 6.10 Å². The standard InChI is InChI=1S/C9H12O2/c1-2-7-10-9-6-4-3-5-8(9)11-9/h3-6,8H,2,7H2,1H3. The number of hydrogen-bond acceptors (Lipinski definition) is 2. The van der Waals surface area contributed by atoms with Crippen molar-refractivity contribution >= 4 is 0 Å². The van der Waals surface area contributed by atoms with E-state index in [1.807, 2.05) is 24.3 Å². The van der Waals surface area contributed by atoms with Crippen molar-refractivity contribution in [1.82, 2.24) is 0 Å². The predicted molar refractivity (Wildman–Crippen MR) is 42.1 cm³/mol. The third-order valence-corrected chi connectivity index (χ3v) is 1.91. The van der Waals surface area contributed by atoms with E-state index in [1.54, 1.807) is 0 Å². The molecule has 1 aliphatic heterocycles. The number of epoxide rings is 1. The SMILES string of the molecule is CCCOC12C=CC=CC1O2. The molecule has 0 aromatic heterocycles. The van der Waals surface area contributed by atoms with Crippen LogP contribution in [0.4, 0.5) is 0 Å². The topological polar surface area (TPSA) is 21.8 Å². The van der Waals surface area contributed by atoms with E-state index in [9.17, 15) is 0 Å². The summed E-state index contributed by atoms with van der Waals surface area (Å²) in [6.45, 7) is 2.87. The summed E-state index contributed by atoms with van der Waals surface area (Å²) in [5.41, 5.74) is 0. The van der Waals surface area contributed by atoms with Crippen LogP contribution in [0.15, 0.2) is 24.3 Å². The van der Waals surface area contributed by atoms with Gasteiger partial charge in [-0.25, -0.2) is 0 Å². The van der Waals surface area contributed by atoms with Crippen LogP contribution in [0.5, 0.6) is 0 Å². The van der Waals surface area contributed by atoms with Gasteiger partial charge in [0.05, 0.1) is 6.61 Å². The van der Waals surface area contributed by atoms with Crippen molar-refractivity contribution in [3.05, 3.63) is 24.3 Å². The lowest BCUT2D eigenvalue weighted by Crippen LogP contribution is -2.17. The summed E-state index contributed by atoms with van der Waals surface area (Å²) in [4.78, 5) is 0. The number of rotatable bonds is 3. The summed E-state index contributed by atoms with van der Waals surface area (Å²) in [5, 5.41) is 0. The average Bonchev–Trinajstić information content (AvgIpc) is 2.75. The maximum atomic E-state index is 5.53. The lowest BCUT2D eigenvalue weighted by atomic mass is 10.1. The zero-order valence-corrected chi connectivity index (χ0v) is 6.62. The van der Waals surface area contributed by atoms with Gasteiger partial charge in [-0.2, -0.15) is 0 Å². The molecule has 0 radical (unpaired) electrons. The van der Waals surface area contributed by atoms with Crippen LogP contribution in [0.3, 0.4) is 0 Å². The highest BCUT2D eigenvalue weighted by atomic mass is 16.8. The lowest BCUT2D eigenvalue weighted by Gasteiger charge is -2.08. The highest BCUT2D eigenvalue weighted by Crippen LogP contribution is 2.42. The molecule has 0 saturated carbocycles. The first kappa shape index (κ1) is 7.07. The fourth-order valence-corrected chi connectivity index (χ4v) is 1.25. The smallest absolute Gasteiger partial charge is 0.219 e. The van der Waals surface area contributed by atoms with E-state index in [4.69, 9.17) is 9.47 Å². The van der Waals surface area contributed by atoms with Crippen LogP contribution >= 0.6 is 0 Å². The third kappa shape index (κ3) is 1.12. The molecule has 2 heteroatoms. The van der Waals surface area contributed by atoms with E-state index < -0.39 is 0 Å². The van der Waals surface area contributed by atoms with Crippen LogP contribution in [0, 0.1) is 0 Å². The van der Waals surface area contributed by atoms with Crippen molar-refractivity contribution in [3.63, 3.8) is 0 Å². The van der Waals surface area contributed by atoms with Gasteiger partial charge in [-0.05, 0) is 18.6 Å². The Labute approximate surface area is 66.5 Å². The molecule has 0 spiro atoms. The second-order valence-electron chi connectivity index (χ2n) is 2.85. The van der Waals surface area contributed by atoms with Crippen LogP contribution in [0.2, 0.25) is 0 Å². The number of allylic oxidation sites excluding steroid dienone is 2. The molecule has 0 amide bonds. The number of hydrogen-bond donors (Lipinski definition) is 0. The quantitative estimate of drug-likeness (QED) is 0.573. The van der Waals surface area contributed by atoms with Crippen molar-refractivity contribution in [3.8, 4) is 0 Å². The molecule has 2 atom stereocenters. The Morgan fingerprint density at radius 3 is 3.18 bits per heavy atom. The van der Waals surface area contributed by atoms with E-state index in [-0.39, 0.29) is 11.9 Å². The zero-order chi connectivity index (χ0) is 7.73. The monoisotopic (exact) mass is 152 g/mol. The van der Waals surface area contributed by atoms with E-state index in [0.29, 0.717) is 0 Å². The molecule has 2 aliphatic rings. The molecule has 2 rings (SSSR count). The van der Waals surface area contributed by atoms with E-state index >= 15 is 0 Å². The van der Waals surface area contributed by atoms with Gasteiger partial charge in [-0.3, -0.25) is 0 Å².